The number of thiophene rings is 1. The van der Waals surface area contributed by atoms with Gasteiger partial charge in [0.1, 0.15) is 5.82 Å². The average molecular weight is 316 g/mol. The van der Waals surface area contributed by atoms with Gasteiger partial charge in [0.25, 0.3) is 5.91 Å². The lowest BCUT2D eigenvalue weighted by Gasteiger charge is -2.07. The van der Waals surface area contributed by atoms with Crippen LogP contribution in [0.3, 0.4) is 0 Å². The molecule has 22 heavy (non-hydrogen) atoms. The van der Waals surface area contributed by atoms with Gasteiger partial charge in [0.15, 0.2) is 5.82 Å². The van der Waals surface area contributed by atoms with E-state index in [-0.39, 0.29) is 5.91 Å². The van der Waals surface area contributed by atoms with Crippen LogP contribution in [0, 0.1) is 0 Å². The van der Waals surface area contributed by atoms with E-state index in [1.54, 1.807) is 11.3 Å². The van der Waals surface area contributed by atoms with Gasteiger partial charge in [0, 0.05) is 17.8 Å². The normalized spacial score (nSPS) is 16.9. The van der Waals surface area contributed by atoms with Gasteiger partial charge in [-0.3, -0.25) is 4.79 Å². The molecule has 5 nitrogen and oxygen atoms in total. The molecule has 1 aliphatic heterocycles. The van der Waals surface area contributed by atoms with Crippen molar-refractivity contribution in [2.45, 2.75) is 58.0 Å². The first kappa shape index (κ1) is 13.9. The minimum Gasteiger partial charge on any atom is -0.344 e. The molecule has 1 amide bonds. The topological polar surface area (TPSA) is 59.8 Å². The molecule has 2 aromatic rings. The van der Waals surface area contributed by atoms with Crippen LogP contribution in [0.2, 0.25) is 0 Å². The van der Waals surface area contributed by atoms with Crippen molar-refractivity contribution in [3.05, 3.63) is 33.0 Å². The highest BCUT2D eigenvalue weighted by Gasteiger charge is 2.19. The van der Waals surface area contributed by atoms with Crippen molar-refractivity contribution < 1.29 is 4.79 Å². The molecule has 0 bridgehead atoms. The number of rotatable bonds is 3. The Kier molecular flexibility index (Phi) is 3.70. The highest BCUT2D eigenvalue weighted by atomic mass is 32.1. The van der Waals surface area contributed by atoms with Crippen molar-refractivity contribution in [3.63, 3.8) is 0 Å². The minimum atomic E-state index is 0.0189. The average Bonchev–Trinajstić information content (AvgIpc) is 3.16. The maximum absolute atomic E-state index is 12.3. The predicted molar refractivity (Wildman–Crippen MR) is 85.1 cm³/mol. The van der Waals surface area contributed by atoms with Crippen LogP contribution in [0.1, 0.15) is 57.4 Å². The second-order valence-corrected chi connectivity index (χ2v) is 7.23. The van der Waals surface area contributed by atoms with Gasteiger partial charge in [-0.15, -0.1) is 21.5 Å². The van der Waals surface area contributed by atoms with Crippen molar-refractivity contribution in [1.29, 1.82) is 0 Å². The molecule has 3 heterocycles. The zero-order valence-corrected chi connectivity index (χ0v) is 13.4. The van der Waals surface area contributed by atoms with Crippen molar-refractivity contribution in [2.75, 3.05) is 0 Å². The van der Waals surface area contributed by atoms with E-state index in [2.05, 4.69) is 26.1 Å². The molecule has 116 valence electrons. The zero-order valence-electron chi connectivity index (χ0n) is 12.6. The molecule has 2 aromatic heterocycles. The summed E-state index contributed by atoms with van der Waals surface area (Å²) in [5.74, 6) is 1.97. The molecule has 0 saturated carbocycles. The monoisotopic (exact) mass is 316 g/mol. The van der Waals surface area contributed by atoms with Crippen LogP contribution in [0.4, 0.5) is 0 Å². The van der Waals surface area contributed by atoms with E-state index in [1.807, 2.05) is 0 Å². The lowest BCUT2D eigenvalue weighted by molar-refractivity contribution is 0.0953. The number of aromatic nitrogens is 3. The van der Waals surface area contributed by atoms with Gasteiger partial charge in [0.05, 0.1) is 11.4 Å². The van der Waals surface area contributed by atoms with Crippen molar-refractivity contribution in [2.24, 2.45) is 0 Å². The Bertz CT molecular complexity index is 682. The molecule has 0 saturated heterocycles. The highest BCUT2D eigenvalue weighted by molar-refractivity contribution is 7.14. The summed E-state index contributed by atoms with van der Waals surface area (Å²) in [7, 11) is 0. The first-order chi connectivity index (χ1) is 10.8. The van der Waals surface area contributed by atoms with E-state index < -0.39 is 0 Å². The second kappa shape index (κ2) is 5.83. The third kappa shape index (κ3) is 2.56. The Morgan fingerprint density at radius 1 is 1.18 bits per heavy atom. The van der Waals surface area contributed by atoms with Gasteiger partial charge in [0.2, 0.25) is 0 Å². The third-order valence-corrected chi connectivity index (χ3v) is 5.80. The van der Waals surface area contributed by atoms with Crippen LogP contribution in [0.15, 0.2) is 6.07 Å². The number of carbonyl (C=O) groups is 1. The molecular formula is C16H20N4OS. The summed E-state index contributed by atoms with van der Waals surface area (Å²) in [6, 6.07) is 2.06. The Morgan fingerprint density at radius 2 is 2.14 bits per heavy atom. The fraction of sp³-hybridized carbons (Fsp3) is 0.562. The Morgan fingerprint density at radius 3 is 3.05 bits per heavy atom. The first-order valence-electron chi connectivity index (χ1n) is 8.12. The summed E-state index contributed by atoms with van der Waals surface area (Å²) < 4.78 is 2.18. The Hall–Kier alpha value is -1.69. The van der Waals surface area contributed by atoms with E-state index in [1.165, 1.54) is 36.1 Å². The van der Waals surface area contributed by atoms with Crippen LogP contribution in [0.5, 0.6) is 0 Å². The zero-order chi connectivity index (χ0) is 14.9. The molecule has 0 spiro atoms. The molecule has 1 aliphatic carbocycles. The number of carbonyl (C=O) groups excluding carboxylic acids is 1. The van der Waals surface area contributed by atoms with Gasteiger partial charge < -0.3 is 9.88 Å². The molecule has 2 aliphatic rings. The van der Waals surface area contributed by atoms with Crippen molar-refractivity contribution >= 4 is 17.2 Å². The third-order valence-electron chi connectivity index (χ3n) is 4.56. The van der Waals surface area contributed by atoms with E-state index in [0.29, 0.717) is 6.54 Å². The van der Waals surface area contributed by atoms with E-state index in [9.17, 15) is 4.79 Å². The van der Waals surface area contributed by atoms with Gasteiger partial charge >= 0.3 is 0 Å². The largest absolute Gasteiger partial charge is 0.344 e. The summed E-state index contributed by atoms with van der Waals surface area (Å²) in [4.78, 5) is 14.5. The number of fused-ring (bicyclic) bond motifs is 2. The number of hydrogen-bond acceptors (Lipinski definition) is 4. The number of hydrogen-bond donors (Lipinski definition) is 1. The maximum Gasteiger partial charge on any atom is 0.261 e. The SMILES string of the molecule is O=C(NCc1nnc2n1CCCCC2)c1cc2c(s1)CCC2. The molecule has 0 fully saturated rings. The number of nitrogens with one attached hydrogen (secondary N) is 1. The maximum atomic E-state index is 12.3. The highest BCUT2D eigenvalue weighted by Crippen LogP contribution is 2.30. The Labute approximate surface area is 133 Å². The van der Waals surface area contributed by atoms with Gasteiger partial charge in [-0.25, -0.2) is 0 Å². The smallest absolute Gasteiger partial charge is 0.261 e. The lowest BCUT2D eigenvalue weighted by Crippen LogP contribution is -2.24. The summed E-state index contributed by atoms with van der Waals surface area (Å²) in [6.07, 6.45) is 8.08. The van der Waals surface area contributed by atoms with Crippen molar-refractivity contribution in [1.82, 2.24) is 20.1 Å². The van der Waals surface area contributed by atoms with E-state index >= 15 is 0 Å². The minimum absolute atomic E-state index is 0.0189. The molecule has 4 rings (SSSR count). The van der Waals surface area contributed by atoms with Crippen molar-refractivity contribution in [3.8, 4) is 0 Å². The summed E-state index contributed by atoms with van der Waals surface area (Å²) >= 11 is 1.64. The van der Waals surface area contributed by atoms with E-state index in [4.69, 9.17) is 0 Å². The van der Waals surface area contributed by atoms with Gasteiger partial charge in [-0.2, -0.15) is 0 Å². The van der Waals surface area contributed by atoms with Crippen LogP contribution in [-0.2, 0) is 32.4 Å². The predicted octanol–water partition coefficient (Wildman–Crippen LogP) is 2.48. The molecule has 0 atom stereocenters. The van der Waals surface area contributed by atoms with Crippen LogP contribution >= 0.6 is 11.3 Å². The number of aryl methyl sites for hydroxylation is 3. The fourth-order valence-corrected chi connectivity index (χ4v) is 4.53. The molecule has 1 N–H and O–H groups in total. The van der Waals surface area contributed by atoms with E-state index in [0.717, 1.165) is 42.3 Å². The molecule has 0 unspecified atom stereocenters. The van der Waals surface area contributed by atoms with Crippen LogP contribution in [-0.4, -0.2) is 20.7 Å². The Balaban J connectivity index is 1.44. The summed E-state index contributed by atoms with van der Waals surface area (Å²) in [5.41, 5.74) is 1.37. The molecule has 6 heteroatoms. The second-order valence-electron chi connectivity index (χ2n) is 6.09. The fourth-order valence-electron chi connectivity index (χ4n) is 3.36. The number of nitrogens with zero attached hydrogens (tertiary/aromatic N) is 3. The molecule has 0 aromatic carbocycles. The number of amides is 1. The standard InChI is InChI=1S/C16H20N4OS/c21-16(13-9-11-5-4-6-12(11)22-13)17-10-15-19-18-14-7-2-1-3-8-20(14)15/h9H,1-8,10H2,(H,17,21). The van der Waals surface area contributed by atoms with Crippen LogP contribution < -0.4 is 5.32 Å². The first-order valence-corrected chi connectivity index (χ1v) is 8.93. The summed E-state index contributed by atoms with van der Waals surface area (Å²) in [6.45, 7) is 1.44. The van der Waals surface area contributed by atoms with Crippen LogP contribution in [0.25, 0.3) is 0 Å². The quantitative estimate of drug-likeness (QED) is 0.946. The van der Waals surface area contributed by atoms with Gasteiger partial charge in [-0.05, 0) is 43.7 Å². The summed E-state index contributed by atoms with van der Waals surface area (Å²) in [5, 5.41) is 11.5. The van der Waals surface area contributed by atoms with Gasteiger partial charge in [-0.1, -0.05) is 6.42 Å². The molecular weight excluding hydrogens is 296 g/mol. The lowest BCUT2D eigenvalue weighted by atomic mass is 10.2. The molecule has 0 radical (unpaired) electrons.